The summed E-state index contributed by atoms with van der Waals surface area (Å²) in [5, 5.41) is 3.58. The number of aryl methyl sites for hydroxylation is 3. The van der Waals surface area contributed by atoms with E-state index in [4.69, 9.17) is 14.7 Å². The summed E-state index contributed by atoms with van der Waals surface area (Å²) in [7, 11) is 0. The summed E-state index contributed by atoms with van der Waals surface area (Å²) in [6.07, 6.45) is 3.22. The Morgan fingerprint density at radius 3 is 2.57 bits per heavy atom. The third-order valence-electron chi connectivity index (χ3n) is 5.65. The third kappa shape index (κ3) is 4.04. The molecule has 1 aromatic carbocycles. The van der Waals surface area contributed by atoms with Crippen LogP contribution in [0.5, 0.6) is 0 Å². The first-order valence-electron chi connectivity index (χ1n) is 10.4. The van der Waals surface area contributed by atoms with Gasteiger partial charge in [-0.05, 0) is 61.9 Å². The van der Waals surface area contributed by atoms with Crippen molar-refractivity contribution in [3.05, 3.63) is 53.0 Å². The van der Waals surface area contributed by atoms with Gasteiger partial charge in [0, 0.05) is 37.6 Å². The van der Waals surface area contributed by atoms with Crippen LogP contribution in [-0.4, -0.2) is 34.3 Å². The molecule has 0 amide bonds. The third-order valence-corrected chi connectivity index (χ3v) is 5.65. The Bertz CT molecular complexity index is 939. The fourth-order valence-corrected chi connectivity index (χ4v) is 4.01. The largest absolute Gasteiger partial charge is 0.385 e. The summed E-state index contributed by atoms with van der Waals surface area (Å²) >= 11 is 0. The summed E-state index contributed by atoms with van der Waals surface area (Å²) < 4.78 is 7.70. The molecule has 0 spiro atoms. The Balaban J connectivity index is 1.49. The molecule has 1 aliphatic rings. The van der Waals surface area contributed by atoms with Crippen LogP contribution in [0.25, 0.3) is 11.2 Å². The Kier molecular flexibility index (Phi) is 5.62. The molecule has 1 saturated heterocycles. The minimum absolute atomic E-state index is 0.718. The number of nitrogens with zero attached hydrogens (tertiary/aromatic N) is 3. The maximum Gasteiger partial charge on any atom is 0.160 e. The number of benzene rings is 1. The second-order valence-electron chi connectivity index (χ2n) is 7.85. The van der Waals surface area contributed by atoms with Crippen LogP contribution in [0.1, 0.15) is 42.4 Å². The van der Waals surface area contributed by atoms with E-state index in [1.807, 2.05) is 6.92 Å². The number of hydrogen-bond acceptors (Lipinski definition) is 4. The Morgan fingerprint density at radius 2 is 1.86 bits per heavy atom. The molecule has 3 aromatic rings. The highest BCUT2D eigenvalue weighted by Gasteiger charge is 2.15. The van der Waals surface area contributed by atoms with Crippen molar-refractivity contribution in [3.63, 3.8) is 0 Å². The van der Waals surface area contributed by atoms with Crippen LogP contribution in [-0.2, 0) is 17.7 Å². The highest BCUT2D eigenvalue weighted by Crippen LogP contribution is 2.22. The van der Waals surface area contributed by atoms with Gasteiger partial charge in [-0.3, -0.25) is 0 Å². The van der Waals surface area contributed by atoms with Gasteiger partial charge in [0.2, 0.25) is 0 Å². The number of nitrogens with one attached hydrogen (secondary N) is 1. The Hall–Kier alpha value is -2.40. The topological polar surface area (TPSA) is 52.0 Å². The van der Waals surface area contributed by atoms with Gasteiger partial charge in [0.05, 0.1) is 6.54 Å². The molecule has 1 aliphatic heterocycles. The molecule has 5 heteroatoms. The number of hydrogen-bond donors (Lipinski definition) is 1. The number of imidazole rings is 1. The van der Waals surface area contributed by atoms with E-state index in [1.165, 1.54) is 16.8 Å². The molecule has 3 heterocycles. The van der Waals surface area contributed by atoms with E-state index in [9.17, 15) is 0 Å². The average Bonchev–Trinajstić information content (AvgIpc) is 3.06. The lowest BCUT2D eigenvalue weighted by atomic mass is 10.0. The molecular formula is C23H30N4O. The van der Waals surface area contributed by atoms with Crippen LogP contribution in [0.15, 0.2) is 30.3 Å². The van der Waals surface area contributed by atoms with Crippen LogP contribution in [0.3, 0.4) is 0 Å². The summed E-state index contributed by atoms with van der Waals surface area (Å²) in [5.74, 6) is 1.81. The summed E-state index contributed by atoms with van der Waals surface area (Å²) in [6, 6.07) is 10.9. The molecule has 2 aromatic heterocycles. The summed E-state index contributed by atoms with van der Waals surface area (Å²) in [5.41, 5.74) is 6.72. The van der Waals surface area contributed by atoms with E-state index in [-0.39, 0.29) is 0 Å². The average molecular weight is 379 g/mol. The zero-order valence-electron chi connectivity index (χ0n) is 17.2. The lowest BCUT2D eigenvalue weighted by Crippen LogP contribution is -2.22. The van der Waals surface area contributed by atoms with E-state index in [0.29, 0.717) is 0 Å². The van der Waals surface area contributed by atoms with E-state index in [0.717, 1.165) is 74.2 Å². The van der Waals surface area contributed by atoms with E-state index in [1.54, 1.807) is 0 Å². The monoisotopic (exact) mass is 378 g/mol. The van der Waals surface area contributed by atoms with E-state index < -0.39 is 0 Å². The van der Waals surface area contributed by atoms with Gasteiger partial charge in [-0.2, -0.15) is 0 Å². The van der Waals surface area contributed by atoms with Gasteiger partial charge in [0.15, 0.2) is 5.65 Å². The van der Waals surface area contributed by atoms with Crippen molar-refractivity contribution < 1.29 is 4.74 Å². The second-order valence-corrected chi connectivity index (χ2v) is 7.85. The SMILES string of the molecule is CCc1nc2c(C)cc(C)nc2n1Cc1ccc(NCC2CCOCC2)cc1. The maximum atomic E-state index is 5.44. The lowest BCUT2D eigenvalue weighted by Gasteiger charge is -2.22. The minimum atomic E-state index is 0.718. The first-order valence-corrected chi connectivity index (χ1v) is 10.4. The van der Waals surface area contributed by atoms with Gasteiger partial charge < -0.3 is 14.6 Å². The van der Waals surface area contributed by atoms with Crippen molar-refractivity contribution in [3.8, 4) is 0 Å². The molecule has 0 saturated carbocycles. The van der Waals surface area contributed by atoms with Crippen molar-refractivity contribution in [2.75, 3.05) is 25.1 Å². The van der Waals surface area contributed by atoms with Crippen LogP contribution in [0.4, 0.5) is 5.69 Å². The number of ether oxygens (including phenoxy) is 1. The van der Waals surface area contributed by atoms with Crippen molar-refractivity contribution in [1.82, 2.24) is 14.5 Å². The molecule has 0 unspecified atom stereocenters. The predicted molar refractivity (Wildman–Crippen MR) is 114 cm³/mol. The number of pyridine rings is 1. The fraction of sp³-hybridized carbons (Fsp3) is 0.478. The number of aromatic nitrogens is 3. The smallest absolute Gasteiger partial charge is 0.160 e. The van der Waals surface area contributed by atoms with Crippen LogP contribution in [0.2, 0.25) is 0 Å². The molecule has 5 nitrogen and oxygen atoms in total. The number of anilines is 1. The van der Waals surface area contributed by atoms with E-state index in [2.05, 4.69) is 54.1 Å². The lowest BCUT2D eigenvalue weighted by molar-refractivity contribution is 0.0699. The molecule has 1 N–H and O–H groups in total. The van der Waals surface area contributed by atoms with Gasteiger partial charge in [-0.15, -0.1) is 0 Å². The summed E-state index contributed by atoms with van der Waals surface area (Å²) in [6.45, 7) is 9.95. The number of rotatable bonds is 6. The van der Waals surface area contributed by atoms with Gasteiger partial charge in [0.1, 0.15) is 11.3 Å². The van der Waals surface area contributed by atoms with Gasteiger partial charge in [-0.25, -0.2) is 9.97 Å². The molecular weight excluding hydrogens is 348 g/mol. The highest BCUT2D eigenvalue weighted by molar-refractivity contribution is 5.76. The first kappa shape index (κ1) is 18.9. The number of fused-ring (bicyclic) bond motifs is 1. The molecule has 28 heavy (non-hydrogen) atoms. The predicted octanol–water partition coefficient (Wildman–Crippen LogP) is 4.50. The minimum Gasteiger partial charge on any atom is -0.385 e. The first-order chi connectivity index (χ1) is 13.6. The summed E-state index contributed by atoms with van der Waals surface area (Å²) in [4.78, 5) is 9.62. The molecule has 0 bridgehead atoms. The van der Waals surface area contributed by atoms with Crippen molar-refractivity contribution in [2.45, 2.75) is 46.6 Å². The zero-order valence-corrected chi connectivity index (χ0v) is 17.2. The van der Waals surface area contributed by atoms with Crippen molar-refractivity contribution in [2.24, 2.45) is 5.92 Å². The Labute approximate surface area is 167 Å². The fourth-order valence-electron chi connectivity index (χ4n) is 4.01. The van der Waals surface area contributed by atoms with Gasteiger partial charge in [-0.1, -0.05) is 19.1 Å². The van der Waals surface area contributed by atoms with Gasteiger partial charge in [0.25, 0.3) is 0 Å². The van der Waals surface area contributed by atoms with E-state index >= 15 is 0 Å². The molecule has 0 aliphatic carbocycles. The van der Waals surface area contributed by atoms with Crippen LogP contribution < -0.4 is 5.32 Å². The van der Waals surface area contributed by atoms with Crippen molar-refractivity contribution in [1.29, 1.82) is 0 Å². The molecule has 1 fully saturated rings. The molecule has 4 rings (SSSR count). The quantitative estimate of drug-likeness (QED) is 0.686. The van der Waals surface area contributed by atoms with Gasteiger partial charge >= 0.3 is 0 Å². The Morgan fingerprint density at radius 1 is 1.11 bits per heavy atom. The normalized spacial score (nSPS) is 15.2. The van der Waals surface area contributed by atoms with Crippen LogP contribution in [0, 0.1) is 19.8 Å². The standard InChI is InChI=1S/C23H30N4O/c1-4-21-26-22-16(2)13-17(3)25-23(22)27(21)15-19-5-7-20(8-6-19)24-14-18-9-11-28-12-10-18/h5-8,13,18,24H,4,9-12,14-15H2,1-3H3. The molecule has 0 radical (unpaired) electrons. The second kappa shape index (κ2) is 8.31. The molecule has 148 valence electrons. The van der Waals surface area contributed by atoms with Crippen LogP contribution >= 0.6 is 0 Å². The molecule has 0 atom stereocenters. The highest BCUT2D eigenvalue weighted by atomic mass is 16.5. The van der Waals surface area contributed by atoms with Crippen molar-refractivity contribution >= 4 is 16.9 Å². The maximum absolute atomic E-state index is 5.44. The zero-order chi connectivity index (χ0) is 19.5.